The summed E-state index contributed by atoms with van der Waals surface area (Å²) in [6.45, 7) is 0.415. The fourth-order valence-corrected chi connectivity index (χ4v) is 4.33. The molecule has 0 saturated carbocycles. The van der Waals surface area contributed by atoms with Gasteiger partial charge in [-0.25, -0.2) is 4.39 Å². The van der Waals surface area contributed by atoms with Crippen molar-refractivity contribution >= 4 is 23.4 Å². The molecule has 0 bridgehead atoms. The van der Waals surface area contributed by atoms with Crippen molar-refractivity contribution in [1.29, 1.82) is 0 Å². The number of hydrogen-bond donors (Lipinski definition) is 2. The highest BCUT2D eigenvalue weighted by Gasteiger charge is 2.34. The largest absolute Gasteiger partial charge is 0.493 e. The fourth-order valence-electron chi connectivity index (χ4n) is 4.33. The van der Waals surface area contributed by atoms with Crippen molar-refractivity contribution in [3.8, 4) is 11.5 Å². The van der Waals surface area contributed by atoms with E-state index in [1.807, 2.05) is 0 Å². The van der Waals surface area contributed by atoms with Crippen molar-refractivity contribution in [1.82, 2.24) is 10.6 Å². The van der Waals surface area contributed by atoms with E-state index in [1.165, 1.54) is 55.7 Å². The summed E-state index contributed by atoms with van der Waals surface area (Å²) in [5.41, 5.74) is 0.660. The number of nitrogens with one attached hydrogen (secondary N) is 2. The average Bonchev–Trinajstić information content (AvgIpc) is 3.68. The molecule has 3 aromatic rings. The van der Waals surface area contributed by atoms with Gasteiger partial charge in [-0.1, -0.05) is 6.07 Å². The van der Waals surface area contributed by atoms with Crippen LogP contribution in [0.3, 0.4) is 0 Å². The number of carbonyl (C=O) groups excluding carboxylic acids is 3. The maximum Gasteiger partial charge on any atom is 0.287 e. The quantitative estimate of drug-likeness (QED) is 0.384. The maximum atomic E-state index is 13.8. The van der Waals surface area contributed by atoms with Crippen LogP contribution in [0.4, 0.5) is 10.1 Å². The maximum absolute atomic E-state index is 13.8. The van der Waals surface area contributed by atoms with E-state index < -0.39 is 36.1 Å². The Kier molecular flexibility index (Phi) is 9.16. The van der Waals surface area contributed by atoms with Crippen LogP contribution >= 0.6 is 0 Å². The molecule has 1 aliphatic heterocycles. The zero-order valence-electron chi connectivity index (χ0n) is 21.6. The van der Waals surface area contributed by atoms with Gasteiger partial charge in [-0.15, -0.1) is 0 Å². The lowest BCUT2D eigenvalue weighted by Crippen LogP contribution is -2.48. The molecule has 0 radical (unpaired) electrons. The van der Waals surface area contributed by atoms with Crippen molar-refractivity contribution < 1.29 is 37.4 Å². The topological polar surface area (TPSA) is 119 Å². The second-order valence-corrected chi connectivity index (χ2v) is 8.80. The zero-order valence-corrected chi connectivity index (χ0v) is 21.6. The van der Waals surface area contributed by atoms with Gasteiger partial charge in [0.15, 0.2) is 17.3 Å². The number of hydrogen-bond acceptors (Lipinski definition) is 7. The third-order valence-electron chi connectivity index (χ3n) is 6.28. The number of carbonyl (C=O) groups is 3. The van der Waals surface area contributed by atoms with Crippen molar-refractivity contribution in [2.75, 3.05) is 38.8 Å². The van der Waals surface area contributed by atoms with Crippen molar-refractivity contribution in [3.63, 3.8) is 0 Å². The molecule has 0 spiro atoms. The molecule has 2 unspecified atom stereocenters. The number of halogens is 1. The number of amides is 3. The van der Waals surface area contributed by atoms with Gasteiger partial charge in [0.25, 0.3) is 5.91 Å². The Morgan fingerprint density at radius 2 is 1.82 bits per heavy atom. The van der Waals surface area contributed by atoms with Crippen molar-refractivity contribution in [2.24, 2.45) is 0 Å². The monoisotopic (exact) mass is 539 g/mol. The van der Waals surface area contributed by atoms with Gasteiger partial charge in [0, 0.05) is 18.8 Å². The van der Waals surface area contributed by atoms with Gasteiger partial charge in [-0.05, 0) is 66.9 Å². The van der Waals surface area contributed by atoms with Crippen molar-refractivity contribution in [2.45, 2.75) is 25.0 Å². The molecule has 2 N–H and O–H groups in total. The normalized spacial score (nSPS) is 15.3. The first-order valence-electron chi connectivity index (χ1n) is 12.4. The van der Waals surface area contributed by atoms with Crippen LogP contribution in [0.1, 0.15) is 35.0 Å². The molecule has 206 valence electrons. The van der Waals surface area contributed by atoms with E-state index >= 15 is 0 Å². The van der Waals surface area contributed by atoms with E-state index in [0.717, 1.165) is 12.8 Å². The predicted molar refractivity (Wildman–Crippen MR) is 139 cm³/mol. The van der Waals surface area contributed by atoms with Crippen LogP contribution in [0, 0.1) is 5.82 Å². The predicted octanol–water partition coefficient (Wildman–Crippen LogP) is 3.24. The molecule has 11 heteroatoms. The van der Waals surface area contributed by atoms with Gasteiger partial charge < -0.3 is 29.3 Å². The number of benzene rings is 2. The Morgan fingerprint density at radius 1 is 1.05 bits per heavy atom. The van der Waals surface area contributed by atoms with E-state index in [-0.39, 0.29) is 24.1 Å². The first kappa shape index (κ1) is 27.6. The number of furan rings is 1. The summed E-state index contributed by atoms with van der Waals surface area (Å²) >= 11 is 0. The Labute approximate surface area is 225 Å². The smallest absolute Gasteiger partial charge is 0.287 e. The summed E-state index contributed by atoms with van der Waals surface area (Å²) in [5, 5.41) is 5.40. The lowest BCUT2D eigenvalue weighted by atomic mass is 10.0. The SMILES string of the molecule is COc1ccc(C(C(=O)NCC2CCCO2)N(C(=O)CNC(=O)c2ccco2)c2ccc(F)cc2)cc1OC. The van der Waals surface area contributed by atoms with Gasteiger partial charge in [0.1, 0.15) is 11.9 Å². The van der Waals surface area contributed by atoms with Gasteiger partial charge in [-0.3, -0.25) is 19.3 Å². The number of rotatable bonds is 11. The number of methoxy groups -OCH3 is 2. The lowest BCUT2D eigenvalue weighted by molar-refractivity contribution is -0.126. The van der Waals surface area contributed by atoms with E-state index in [1.54, 1.807) is 24.3 Å². The van der Waals surface area contributed by atoms with Crippen LogP contribution in [0.5, 0.6) is 11.5 Å². The minimum absolute atomic E-state index is 0.0295. The van der Waals surface area contributed by atoms with Gasteiger partial charge in [0.2, 0.25) is 11.8 Å². The van der Waals surface area contributed by atoms with Crippen LogP contribution in [0.2, 0.25) is 0 Å². The van der Waals surface area contributed by atoms with Crippen LogP contribution in [0.15, 0.2) is 65.3 Å². The standard InChI is InChI=1S/C28H30FN3O7/c1-36-22-12-7-18(15-24(22)37-2)26(28(35)30-16-21-5-3-13-38-21)32(20-10-8-19(29)9-11-20)25(33)17-31-27(34)23-6-4-14-39-23/h4,6-12,14-15,21,26H,3,5,13,16-17H2,1-2H3,(H,30,35)(H,31,34). The molecule has 39 heavy (non-hydrogen) atoms. The molecule has 1 aliphatic rings. The Bertz CT molecular complexity index is 1270. The Hall–Kier alpha value is -4.38. The Morgan fingerprint density at radius 3 is 2.46 bits per heavy atom. The number of nitrogens with zero attached hydrogens (tertiary/aromatic N) is 1. The molecule has 2 atom stereocenters. The third-order valence-corrected chi connectivity index (χ3v) is 6.28. The summed E-state index contributed by atoms with van der Waals surface area (Å²) in [4.78, 5) is 41.1. The fraction of sp³-hybridized carbons (Fsp3) is 0.321. The highest BCUT2D eigenvalue weighted by Crippen LogP contribution is 2.34. The van der Waals surface area contributed by atoms with E-state index in [2.05, 4.69) is 10.6 Å². The van der Waals surface area contributed by atoms with E-state index in [4.69, 9.17) is 18.6 Å². The summed E-state index contributed by atoms with van der Waals surface area (Å²) in [7, 11) is 2.95. The van der Waals surface area contributed by atoms with Gasteiger partial charge in [0.05, 0.1) is 33.1 Å². The molecule has 0 aliphatic carbocycles. The summed E-state index contributed by atoms with van der Waals surface area (Å²) in [6.07, 6.45) is 2.91. The number of ether oxygens (including phenoxy) is 3. The van der Waals surface area contributed by atoms with Gasteiger partial charge in [-0.2, -0.15) is 0 Å². The second kappa shape index (κ2) is 12.9. The first-order valence-corrected chi connectivity index (χ1v) is 12.4. The van der Waals surface area contributed by atoms with Crippen LogP contribution < -0.4 is 25.0 Å². The molecule has 3 amide bonds. The third kappa shape index (κ3) is 6.74. The highest BCUT2D eigenvalue weighted by molar-refractivity contribution is 6.04. The van der Waals surface area contributed by atoms with Crippen LogP contribution in [0.25, 0.3) is 0 Å². The van der Waals surface area contributed by atoms with Crippen LogP contribution in [-0.2, 0) is 14.3 Å². The second-order valence-electron chi connectivity index (χ2n) is 8.80. The zero-order chi connectivity index (χ0) is 27.8. The average molecular weight is 540 g/mol. The summed E-state index contributed by atoms with van der Waals surface area (Å²) in [5.74, 6) is -1.40. The first-order chi connectivity index (χ1) is 18.9. The molecule has 2 aromatic carbocycles. The molecule has 4 rings (SSSR count). The van der Waals surface area contributed by atoms with Gasteiger partial charge >= 0.3 is 0 Å². The summed E-state index contributed by atoms with van der Waals surface area (Å²) < 4.78 is 35.3. The molecule has 10 nitrogen and oxygen atoms in total. The lowest BCUT2D eigenvalue weighted by Gasteiger charge is -2.32. The van der Waals surface area contributed by atoms with E-state index in [9.17, 15) is 18.8 Å². The number of anilines is 1. The highest BCUT2D eigenvalue weighted by atomic mass is 19.1. The minimum Gasteiger partial charge on any atom is -0.493 e. The summed E-state index contributed by atoms with van der Waals surface area (Å²) in [6, 6.07) is 11.8. The molecule has 1 fully saturated rings. The molecular formula is C28H30FN3O7. The van der Waals surface area contributed by atoms with E-state index in [0.29, 0.717) is 23.7 Å². The Balaban J connectivity index is 1.70. The minimum atomic E-state index is -1.20. The molecule has 1 aromatic heterocycles. The molecule has 1 saturated heterocycles. The molecule has 2 heterocycles. The molecular weight excluding hydrogens is 509 g/mol. The van der Waals surface area contributed by atoms with Crippen LogP contribution in [-0.4, -0.2) is 57.7 Å². The van der Waals surface area contributed by atoms with Crippen molar-refractivity contribution in [3.05, 3.63) is 78.0 Å².